The molecule has 0 unspecified atom stereocenters. The molecule has 1 atom stereocenters. The van der Waals surface area contributed by atoms with Crippen LogP contribution in [-0.2, 0) is 13.5 Å². The summed E-state index contributed by atoms with van der Waals surface area (Å²) in [5, 5.41) is 5.02. The second kappa shape index (κ2) is 5.77. The highest BCUT2D eigenvalue weighted by molar-refractivity contribution is 7.18. The summed E-state index contributed by atoms with van der Waals surface area (Å²) >= 11 is 1.61. The Morgan fingerprint density at radius 2 is 2.19 bits per heavy atom. The van der Waals surface area contributed by atoms with E-state index in [0.717, 1.165) is 33.0 Å². The highest BCUT2D eigenvalue weighted by atomic mass is 32.1. The van der Waals surface area contributed by atoms with Crippen LogP contribution >= 0.6 is 11.3 Å². The van der Waals surface area contributed by atoms with Crippen molar-refractivity contribution in [3.05, 3.63) is 64.9 Å². The number of aromatic nitrogens is 5. The number of amides is 1. The Morgan fingerprint density at radius 1 is 1.31 bits per heavy atom. The number of carbonyl (C=O) groups is 1. The number of nitrogens with zero attached hydrogens (tertiary/aromatic N) is 5. The molecule has 7 nitrogen and oxygen atoms in total. The van der Waals surface area contributed by atoms with Crippen molar-refractivity contribution in [3.63, 3.8) is 0 Å². The fourth-order valence-corrected chi connectivity index (χ4v) is 4.57. The average Bonchev–Trinajstić information content (AvgIpc) is 3.38. The van der Waals surface area contributed by atoms with E-state index >= 15 is 0 Å². The number of hydrogen-bond donors (Lipinski definition) is 1. The van der Waals surface area contributed by atoms with Crippen molar-refractivity contribution in [3.8, 4) is 0 Å². The molecule has 0 fully saturated rings. The van der Waals surface area contributed by atoms with Crippen LogP contribution in [0.4, 0.5) is 0 Å². The average molecular weight is 364 g/mol. The minimum Gasteiger partial charge on any atom is -0.348 e. The molecule has 1 N–H and O–H groups in total. The van der Waals surface area contributed by atoms with Crippen molar-refractivity contribution in [2.24, 2.45) is 7.05 Å². The van der Waals surface area contributed by atoms with E-state index in [9.17, 15) is 4.79 Å². The summed E-state index contributed by atoms with van der Waals surface area (Å²) in [6, 6.07) is 9.49. The van der Waals surface area contributed by atoms with Crippen LogP contribution < -0.4 is 0 Å². The number of carbonyl (C=O) groups excluding carboxylic acids is 1. The number of hydrogen-bond acceptors (Lipinski definition) is 5. The molecular formula is C18H16N6OS. The van der Waals surface area contributed by atoms with Crippen molar-refractivity contribution in [1.82, 2.24) is 29.6 Å². The Morgan fingerprint density at radius 3 is 3.00 bits per heavy atom. The quantitative estimate of drug-likeness (QED) is 0.593. The zero-order valence-corrected chi connectivity index (χ0v) is 14.9. The van der Waals surface area contributed by atoms with Gasteiger partial charge in [0.25, 0.3) is 5.91 Å². The number of aryl methyl sites for hydroxylation is 1. The van der Waals surface area contributed by atoms with Crippen LogP contribution in [0.25, 0.3) is 10.2 Å². The second-order valence-electron chi connectivity index (χ2n) is 6.28. The van der Waals surface area contributed by atoms with Gasteiger partial charge in [0.2, 0.25) is 0 Å². The summed E-state index contributed by atoms with van der Waals surface area (Å²) in [7, 11) is 1.78. The minimum absolute atomic E-state index is 0.0529. The molecule has 0 saturated heterocycles. The number of H-pyrrole nitrogens is 1. The molecular weight excluding hydrogens is 348 g/mol. The fourth-order valence-electron chi connectivity index (χ4n) is 3.48. The second-order valence-corrected chi connectivity index (χ2v) is 7.34. The highest BCUT2D eigenvalue weighted by Gasteiger charge is 2.37. The van der Waals surface area contributed by atoms with Crippen LogP contribution in [0.3, 0.4) is 0 Å². The van der Waals surface area contributed by atoms with Crippen molar-refractivity contribution < 1.29 is 4.79 Å². The number of fused-ring (bicyclic) bond motifs is 2. The zero-order valence-electron chi connectivity index (χ0n) is 14.1. The van der Waals surface area contributed by atoms with Crippen molar-refractivity contribution in [2.75, 3.05) is 6.54 Å². The Hall–Kier alpha value is -3.00. The minimum atomic E-state index is -0.287. The SMILES string of the molecule is Cn1nccc1C(=O)N1CCc2[nH]cnc2[C@H]1c1nc2ccccc2s1. The van der Waals surface area contributed by atoms with Gasteiger partial charge in [-0.2, -0.15) is 5.10 Å². The fraction of sp³-hybridized carbons (Fsp3) is 0.222. The van der Waals surface area contributed by atoms with Gasteiger partial charge in [0.15, 0.2) is 0 Å². The molecule has 0 saturated carbocycles. The van der Waals surface area contributed by atoms with E-state index in [1.165, 1.54) is 0 Å². The third kappa shape index (κ3) is 2.26. The van der Waals surface area contributed by atoms with Gasteiger partial charge in [0.1, 0.15) is 16.7 Å². The van der Waals surface area contributed by atoms with Gasteiger partial charge in [-0.3, -0.25) is 9.48 Å². The maximum Gasteiger partial charge on any atom is 0.273 e. The molecule has 1 aliphatic rings. The first kappa shape index (κ1) is 15.3. The van der Waals surface area contributed by atoms with Gasteiger partial charge in [0, 0.05) is 31.9 Å². The number of rotatable bonds is 2. The molecule has 0 spiro atoms. The molecule has 0 radical (unpaired) electrons. The van der Waals surface area contributed by atoms with Gasteiger partial charge in [-0.1, -0.05) is 12.1 Å². The molecule has 0 aliphatic carbocycles. The predicted molar refractivity (Wildman–Crippen MR) is 98.0 cm³/mol. The molecule has 3 aromatic heterocycles. The summed E-state index contributed by atoms with van der Waals surface area (Å²) < 4.78 is 2.72. The molecule has 1 aromatic carbocycles. The van der Waals surface area contributed by atoms with Crippen LogP contribution in [0.5, 0.6) is 0 Å². The summed E-state index contributed by atoms with van der Waals surface area (Å²) in [4.78, 5) is 27.6. The topological polar surface area (TPSA) is 79.7 Å². The summed E-state index contributed by atoms with van der Waals surface area (Å²) in [5.74, 6) is -0.0529. The number of benzene rings is 1. The van der Waals surface area contributed by atoms with Crippen LogP contribution in [0.2, 0.25) is 0 Å². The van der Waals surface area contributed by atoms with Crippen LogP contribution in [0.15, 0.2) is 42.9 Å². The van der Waals surface area contributed by atoms with Crippen LogP contribution in [0, 0.1) is 0 Å². The predicted octanol–water partition coefficient (Wildman–Crippen LogP) is 2.54. The summed E-state index contributed by atoms with van der Waals surface area (Å²) in [6.07, 6.45) is 4.09. The van der Waals surface area contributed by atoms with Crippen LogP contribution in [-0.4, -0.2) is 42.1 Å². The monoisotopic (exact) mass is 364 g/mol. The number of imidazole rings is 1. The lowest BCUT2D eigenvalue weighted by Crippen LogP contribution is -2.41. The highest BCUT2D eigenvalue weighted by Crippen LogP contribution is 2.37. The third-order valence-electron chi connectivity index (χ3n) is 4.77. The molecule has 1 amide bonds. The van der Waals surface area contributed by atoms with E-state index in [-0.39, 0.29) is 11.9 Å². The first-order valence-electron chi connectivity index (χ1n) is 8.39. The van der Waals surface area contributed by atoms with E-state index in [1.54, 1.807) is 41.7 Å². The Labute approximate surface area is 153 Å². The Bertz CT molecular complexity index is 1080. The molecule has 4 aromatic rings. The largest absolute Gasteiger partial charge is 0.348 e. The van der Waals surface area contributed by atoms with Crippen molar-refractivity contribution in [2.45, 2.75) is 12.5 Å². The smallest absolute Gasteiger partial charge is 0.273 e. The van der Waals surface area contributed by atoms with Crippen molar-refractivity contribution in [1.29, 1.82) is 0 Å². The first-order chi connectivity index (χ1) is 12.7. The number of nitrogens with one attached hydrogen (secondary N) is 1. The standard InChI is InChI=1S/C18H16N6OS/c1-23-13(6-8-21-23)18(25)24-9-7-12-15(20-10-19-12)16(24)17-22-11-4-2-3-5-14(11)26-17/h2-6,8,10,16H,7,9H2,1H3,(H,19,20)/t16-/m0/s1. The third-order valence-corrected chi connectivity index (χ3v) is 5.86. The molecule has 26 heavy (non-hydrogen) atoms. The molecule has 0 bridgehead atoms. The van der Waals surface area contributed by atoms with Crippen molar-refractivity contribution >= 4 is 27.5 Å². The number of para-hydroxylation sites is 1. The molecule has 5 rings (SSSR count). The Kier molecular flexibility index (Phi) is 3.39. The lowest BCUT2D eigenvalue weighted by atomic mass is 10.0. The molecule has 130 valence electrons. The van der Waals surface area contributed by atoms with Gasteiger partial charge in [0.05, 0.1) is 22.2 Å². The normalized spacial score (nSPS) is 16.8. The van der Waals surface area contributed by atoms with E-state index in [1.807, 2.05) is 23.1 Å². The van der Waals surface area contributed by atoms with Crippen LogP contribution in [0.1, 0.15) is 32.9 Å². The number of thiazole rings is 1. The summed E-state index contributed by atoms with van der Waals surface area (Å²) in [6.45, 7) is 0.611. The molecule has 8 heteroatoms. The summed E-state index contributed by atoms with van der Waals surface area (Å²) in [5.41, 5.74) is 3.47. The van der Waals surface area contributed by atoms with Gasteiger partial charge in [-0.25, -0.2) is 9.97 Å². The number of aromatic amines is 1. The lowest BCUT2D eigenvalue weighted by Gasteiger charge is -2.33. The van der Waals surface area contributed by atoms with Gasteiger partial charge < -0.3 is 9.88 Å². The van der Waals surface area contributed by atoms with Gasteiger partial charge in [-0.15, -0.1) is 11.3 Å². The Balaban J connectivity index is 1.64. The molecule has 4 heterocycles. The maximum atomic E-state index is 13.2. The lowest BCUT2D eigenvalue weighted by molar-refractivity contribution is 0.0679. The van der Waals surface area contributed by atoms with E-state index < -0.39 is 0 Å². The molecule has 1 aliphatic heterocycles. The first-order valence-corrected chi connectivity index (χ1v) is 9.20. The zero-order chi connectivity index (χ0) is 17.7. The van der Waals surface area contributed by atoms with Gasteiger partial charge in [-0.05, 0) is 18.2 Å². The maximum absolute atomic E-state index is 13.2. The van der Waals surface area contributed by atoms with E-state index in [2.05, 4.69) is 21.1 Å². The van der Waals surface area contributed by atoms with E-state index in [4.69, 9.17) is 4.98 Å². The van der Waals surface area contributed by atoms with E-state index in [0.29, 0.717) is 12.2 Å². The van der Waals surface area contributed by atoms with Gasteiger partial charge >= 0.3 is 0 Å².